The molecule has 0 N–H and O–H groups in total. The first-order valence-electron chi connectivity index (χ1n) is 2.74. The second kappa shape index (κ2) is 4.95. The van der Waals surface area contributed by atoms with E-state index in [1.54, 1.807) is 0 Å². The lowest BCUT2D eigenvalue weighted by atomic mass is 10.9. The van der Waals surface area contributed by atoms with Gasteiger partial charge in [-0.25, -0.2) is 8.42 Å². The fraction of sp³-hybridized carbons (Fsp3) is 1.00. The zero-order chi connectivity index (χ0) is 8.04. The predicted molar refractivity (Wildman–Crippen MR) is 38.6 cm³/mol. The molecule has 0 radical (unpaired) electrons. The van der Waals surface area contributed by atoms with Crippen molar-refractivity contribution in [3.8, 4) is 0 Å². The van der Waals surface area contributed by atoms with Crippen LogP contribution in [-0.2, 0) is 14.6 Å². The van der Waals surface area contributed by atoms with Crippen molar-refractivity contribution in [1.29, 1.82) is 0 Å². The maximum absolute atomic E-state index is 9.81. The third-order valence-corrected chi connectivity index (χ3v) is 1.98. The van der Waals surface area contributed by atoms with Gasteiger partial charge in [-0.1, -0.05) is 6.92 Å². The highest BCUT2D eigenvalue weighted by molar-refractivity contribution is 7.99. The molecule has 4 nitrogen and oxygen atoms in total. The van der Waals surface area contributed by atoms with Crippen LogP contribution in [0.15, 0.2) is 0 Å². The van der Waals surface area contributed by atoms with E-state index in [1.807, 2.05) is 6.92 Å². The van der Waals surface area contributed by atoms with Crippen LogP contribution in [0.4, 0.5) is 0 Å². The smallest absolute Gasteiger partial charge is 0.217 e. The molecule has 0 aliphatic rings. The average Bonchev–Trinajstić information content (AvgIpc) is 1.78. The Labute approximate surface area is 64.9 Å². The molecule has 0 unspecified atom stereocenters. The molecule has 0 saturated carbocycles. The van der Waals surface area contributed by atoms with Gasteiger partial charge in [-0.2, -0.15) is 11.8 Å². The van der Waals surface area contributed by atoms with Crippen LogP contribution in [-0.4, -0.2) is 31.1 Å². The molecule has 0 aromatic carbocycles. The largest absolute Gasteiger partial charge is 0.726 e. The molecule has 0 aliphatic carbocycles. The van der Waals surface area contributed by atoms with Gasteiger partial charge < -0.3 is 4.55 Å². The van der Waals surface area contributed by atoms with E-state index in [1.165, 1.54) is 11.8 Å². The molecular weight excluding hydrogens is 176 g/mol. The molecule has 0 amide bonds. The topological polar surface area (TPSA) is 66.4 Å². The number of hydrogen-bond acceptors (Lipinski definition) is 5. The van der Waals surface area contributed by atoms with E-state index in [0.717, 1.165) is 5.75 Å². The Balaban J connectivity index is 3.21. The van der Waals surface area contributed by atoms with Gasteiger partial charge in [-0.05, 0) is 5.75 Å². The lowest BCUT2D eigenvalue weighted by Crippen LogP contribution is -2.06. The van der Waals surface area contributed by atoms with Crippen molar-refractivity contribution in [2.24, 2.45) is 0 Å². The molecule has 0 spiro atoms. The zero-order valence-electron chi connectivity index (χ0n) is 5.57. The van der Waals surface area contributed by atoms with Gasteiger partial charge in [0.05, 0.1) is 6.61 Å². The fourth-order valence-corrected chi connectivity index (χ4v) is 1.22. The maximum Gasteiger partial charge on any atom is 0.217 e. The van der Waals surface area contributed by atoms with Crippen LogP contribution >= 0.6 is 11.8 Å². The SMILES string of the molecule is CCSCCOS(=O)(=O)[O-]. The number of rotatable bonds is 5. The zero-order valence-corrected chi connectivity index (χ0v) is 7.20. The van der Waals surface area contributed by atoms with Crippen LogP contribution in [0.25, 0.3) is 0 Å². The quantitative estimate of drug-likeness (QED) is 0.348. The van der Waals surface area contributed by atoms with E-state index >= 15 is 0 Å². The number of thioether (sulfide) groups is 1. The minimum absolute atomic E-state index is 0.0235. The maximum atomic E-state index is 9.81. The molecule has 0 atom stereocenters. The van der Waals surface area contributed by atoms with Crippen molar-refractivity contribution in [2.45, 2.75) is 6.92 Å². The van der Waals surface area contributed by atoms with Crippen LogP contribution in [0.1, 0.15) is 6.92 Å². The monoisotopic (exact) mass is 185 g/mol. The van der Waals surface area contributed by atoms with Crippen LogP contribution in [0.2, 0.25) is 0 Å². The minimum Gasteiger partial charge on any atom is -0.726 e. The third kappa shape index (κ3) is 8.22. The molecule has 0 aromatic heterocycles. The van der Waals surface area contributed by atoms with Crippen molar-refractivity contribution in [2.75, 3.05) is 18.1 Å². The van der Waals surface area contributed by atoms with E-state index in [-0.39, 0.29) is 6.61 Å². The summed E-state index contributed by atoms with van der Waals surface area (Å²) in [4.78, 5) is 0. The second-order valence-electron chi connectivity index (χ2n) is 1.43. The van der Waals surface area contributed by atoms with Crippen LogP contribution in [0, 0.1) is 0 Å². The normalized spacial score (nSPS) is 11.8. The fourth-order valence-electron chi connectivity index (χ4n) is 0.339. The number of hydrogen-bond donors (Lipinski definition) is 0. The Morgan fingerprint density at radius 1 is 1.60 bits per heavy atom. The van der Waals surface area contributed by atoms with Crippen molar-refractivity contribution >= 4 is 22.2 Å². The van der Waals surface area contributed by atoms with Crippen molar-refractivity contribution in [3.05, 3.63) is 0 Å². The molecule has 0 aromatic rings. The molecule has 10 heavy (non-hydrogen) atoms. The summed E-state index contributed by atoms with van der Waals surface area (Å²) < 4.78 is 33.3. The minimum atomic E-state index is -4.47. The summed E-state index contributed by atoms with van der Waals surface area (Å²) in [5.41, 5.74) is 0. The highest BCUT2D eigenvalue weighted by atomic mass is 32.3. The van der Waals surface area contributed by atoms with Gasteiger partial charge in [0, 0.05) is 5.75 Å². The first kappa shape index (κ1) is 10.2. The molecule has 0 fully saturated rings. The van der Waals surface area contributed by atoms with E-state index in [0.29, 0.717) is 5.75 Å². The summed E-state index contributed by atoms with van der Waals surface area (Å²) in [6, 6.07) is 0. The second-order valence-corrected chi connectivity index (χ2v) is 3.87. The van der Waals surface area contributed by atoms with Crippen molar-refractivity contribution < 1.29 is 17.2 Å². The van der Waals surface area contributed by atoms with E-state index in [2.05, 4.69) is 4.18 Å². The van der Waals surface area contributed by atoms with Gasteiger partial charge in [0.25, 0.3) is 0 Å². The first-order chi connectivity index (χ1) is 4.56. The van der Waals surface area contributed by atoms with Gasteiger partial charge in [-0.3, -0.25) is 4.18 Å². The molecule has 0 rings (SSSR count). The third-order valence-electron chi connectivity index (χ3n) is 0.659. The summed E-state index contributed by atoms with van der Waals surface area (Å²) in [6.07, 6.45) is 0. The standard InChI is InChI=1S/C4H10O4S2/c1-2-9-4-3-8-10(5,6)7/h2-4H2,1H3,(H,5,6,7)/p-1. The van der Waals surface area contributed by atoms with E-state index < -0.39 is 10.4 Å². The predicted octanol–water partition coefficient (Wildman–Crippen LogP) is 0.216. The Kier molecular flexibility index (Phi) is 5.06. The Bertz CT molecular complexity index is 162. The summed E-state index contributed by atoms with van der Waals surface area (Å²) in [5.74, 6) is 1.43. The van der Waals surface area contributed by atoms with Crippen LogP contribution in [0.3, 0.4) is 0 Å². The van der Waals surface area contributed by atoms with Crippen molar-refractivity contribution in [3.63, 3.8) is 0 Å². The first-order valence-corrected chi connectivity index (χ1v) is 5.23. The lowest BCUT2D eigenvalue weighted by molar-refractivity contribution is 0.277. The highest BCUT2D eigenvalue weighted by Gasteiger charge is 1.92. The molecule has 0 bridgehead atoms. The molecular formula is C4H9O4S2-. The Morgan fingerprint density at radius 2 is 2.20 bits per heavy atom. The van der Waals surface area contributed by atoms with Crippen molar-refractivity contribution in [1.82, 2.24) is 0 Å². The molecule has 0 saturated heterocycles. The summed E-state index contributed by atoms with van der Waals surface area (Å²) in [6.45, 7) is 1.92. The molecule has 0 aliphatic heterocycles. The molecule has 6 heteroatoms. The lowest BCUT2D eigenvalue weighted by Gasteiger charge is -2.05. The van der Waals surface area contributed by atoms with E-state index in [9.17, 15) is 13.0 Å². The molecule has 0 heterocycles. The molecule has 62 valence electrons. The van der Waals surface area contributed by atoms with Crippen LogP contribution < -0.4 is 0 Å². The summed E-state index contributed by atoms with van der Waals surface area (Å²) in [7, 11) is -4.47. The Morgan fingerprint density at radius 3 is 2.60 bits per heavy atom. The average molecular weight is 185 g/mol. The summed E-state index contributed by atoms with van der Waals surface area (Å²) >= 11 is 1.52. The highest BCUT2D eigenvalue weighted by Crippen LogP contribution is 1.98. The van der Waals surface area contributed by atoms with Gasteiger partial charge in [-0.15, -0.1) is 0 Å². The van der Waals surface area contributed by atoms with Gasteiger partial charge in [0.2, 0.25) is 10.4 Å². The van der Waals surface area contributed by atoms with Gasteiger partial charge in [0.1, 0.15) is 0 Å². The van der Waals surface area contributed by atoms with Gasteiger partial charge >= 0.3 is 0 Å². The summed E-state index contributed by atoms with van der Waals surface area (Å²) in [5, 5.41) is 0. The van der Waals surface area contributed by atoms with Gasteiger partial charge in [0.15, 0.2) is 0 Å². The van der Waals surface area contributed by atoms with E-state index in [4.69, 9.17) is 0 Å². The van der Waals surface area contributed by atoms with Crippen LogP contribution in [0.5, 0.6) is 0 Å². The Hall–Kier alpha value is 0.220.